The van der Waals surface area contributed by atoms with E-state index >= 15 is 0 Å². The average molecular weight is 368 g/mol. The molecule has 0 bridgehead atoms. The second-order valence-electron chi connectivity index (χ2n) is 6.90. The molecule has 0 unspecified atom stereocenters. The van der Waals surface area contributed by atoms with Crippen LogP contribution in [0.25, 0.3) is 0 Å². The number of rotatable bonds is 7. The summed E-state index contributed by atoms with van der Waals surface area (Å²) in [4.78, 5) is 7.59. The highest BCUT2D eigenvalue weighted by atomic mass is 35.5. The number of benzene rings is 1. The molecule has 2 aliphatic heterocycles. The lowest BCUT2D eigenvalue weighted by Crippen LogP contribution is -2.50. The van der Waals surface area contributed by atoms with Gasteiger partial charge in [-0.15, -0.1) is 0 Å². The first-order valence-electron chi connectivity index (χ1n) is 9.34. The molecule has 0 saturated carbocycles. The summed E-state index contributed by atoms with van der Waals surface area (Å²) in [5, 5.41) is 0.762. The van der Waals surface area contributed by atoms with Gasteiger partial charge in [-0.2, -0.15) is 0 Å². The summed E-state index contributed by atoms with van der Waals surface area (Å²) in [5.74, 6) is 0.938. The molecule has 0 atom stereocenters. The summed E-state index contributed by atoms with van der Waals surface area (Å²) in [6.07, 6.45) is 0. The maximum atomic E-state index is 5.98. The Morgan fingerprint density at radius 3 is 2.16 bits per heavy atom. The summed E-state index contributed by atoms with van der Waals surface area (Å²) >= 11 is 5.98. The van der Waals surface area contributed by atoms with Gasteiger partial charge in [0.25, 0.3) is 0 Å². The minimum absolute atomic E-state index is 0.732. The molecule has 1 aromatic rings. The molecule has 5 nitrogen and oxygen atoms in total. The Hall–Kier alpha value is -0.850. The van der Waals surface area contributed by atoms with Gasteiger partial charge in [0.05, 0.1) is 13.2 Å². The zero-order valence-corrected chi connectivity index (χ0v) is 16.0. The number of morpholine rings is 1. The minimum atomic E-state index is 0.732. The van der Waals surface area contributed by atoms with E-state index in [1.165, 1.54) is 13.1 Å². The minimum Gasteiger partial charge on any atom is -0.492 e. The number of nitrogens with zero attached hydrogens (tertiary/aromatic N) is 3. The SMILES string of the molecule is Cc1cc(Cl)ccc1OCCN1CCN(CCN2CCOCC2)CC1. The molecule has 6 heteroatoms. The first-order chi connectivity index (χ1) is 12.2. The first-order valence-corrected chi connectivity index (χ1v) is 9.72. The van der Waals surface area contributed by atoms with E-state index in [0.717, 1.165) is 82.0 Å². The van der Waals surface area contributed by atoms with Crippen molar-refractivity contribution >= 4 is 11.6 Å². The molecular formula is C19H30ClN3O2. The monoisotopic (exact) mass is 367 g/mol. The second-order valence-corrected chi connectivity index (χ2v) is 7.33. The van der Waals surface area contributed by atoms with Crippen molar-refractivity contribution in [1.29, 1.82) is 0 Å². The number of hydrogen-bond donors (Lipinski definition) is 0. The first kappa shape index (κ1) is 18.9. The fraction of sp³-hybridized carbons (Fsp3) is 0.684. The van der Waals surface area contributed by atoms with Gasteiger partial charge >= 0.3 is 0 Å². The Morgan fingerprint density at radius 1 is 0.920 bits per heavy atom. The van der Waals surface area contributed by atoms with E-state index in [9.17, 15) is 0 Å². The number of halogens is 1. The molecule has 2 fully saturated rings. The van der Waals surface area contributed by atoms with Gasteiger partial charge in [-0.05, 0) is 30.7 Å². The van der Waals surface area contributed by atoms with Gasteiger partial charge < -0.3 is 9.47 Å². The third-order valence-corrected chi connectivity index (χ3v) is 5.34. The van der Waals surface area contributed by atoms with Crippen molar-refractivity contribution in [2.75, 3.05) is 78.7 Å². The van der Waals surface area contributed by atoms with Gasteiger partial charge in [0.2, 0.25) is 0 Å². The lowest BCUT2D eigenvalue weighted by Gasteiger charge is -2.36. The van der Waals surface area contributed by atoms with Crippen LogP contribution in [-0.4, -0.2) is 93.4 Å². The lowest BCUT2D eigenvalue weighted by atomic mass is 10.2. The molecular weight excluding hydrogens is 338 g/mol. The van der Waals surface area contributed by atoms with Gasteiger partial charge in [0.1, 0.15) is 12.4 Å². The molecule has 2 saturated heterocycles. The van der Waals surface area contributed by atoms with Crippen LogP contribution in [0.15, 0.2) is 18.2 Å². The summed E-state index contributed by atoms with van der Waals surface area (Å²) in [6, 6.07) is 5.79. The molecule has 0 spiro atoms. The van der Waals surface area contributed by atoms with Crippen LogP contribution in [0, 0.1) is 6.92 Å². The summed E-state index contributed by atoms with van der Waals surface area (Å²) in [7, 11) is 0. The van der Waals surface area contributed by atoms with E-state index < -0.39 is 0 Å². The van der Waals surface area contributed by atoms with Crippen LogP contribution in [0.1, 0.15) is 5.56 Å². The Labute approximate surface area is 156 Å². The maximum Gasteiger partial charge on any atom is 0.122 e. The number of ether oxygens (including phenoxy) is 2. The largest absolute Gasteiger partial charge is 0.492 e. The Kier molecular flexibility index (Phi) is 7.37. The quantitative estimate of drug-likeness (QED) is 0.734. The Bertz CT molecular complexity index is 529. The van der Waals surface area contributed by atoms with E-state index in [1.807, 2.05) is 25.1 Å². The molecule has 0 aliphatic carbocycles. The highest BCUT2D eigenvalue weighted by molar-refractivity contribution is 6.30. The summed E-state index contributed by atoms with van der Waals surface area (Å²) < 4.78 is 11.3. The zero-order valence-electron chi connectivity index (χ0n) is 15.3. The fourth-order valence-electron chi connectivity index (χ4n) is 3.40. The number of aryl methyl sites for hydroxylation is 1. The molecule has 25 heavy (non-hydrogen) atoms. The van der Waals surface area contributed by atoms with Crippen LogP contribution < -0.4 is 4.74 Å². The van der Waals surface area contributed by atoms with Crippen molar-refractivity contribution in [1.82, 2.24) is 14.7 Å². The van der Waals surface area contributed by atoms with Crippen molar-refractivity contribution in [3.8, 4) is 5.75 Å². The highest BCUT2D eigenvalue weighted by Gasteiger charge is 2.18. The smallest absolute Gasteiger partial charge is 0.122 e. The zero-order chi connectivity index (χ0) is 17.5. The van der Waals surface area contributed by atoms with E-state index in [-0.39, 0.29) is 0 Å². The van der Waals surface area contributed by atoms with Crippen molar-refractivity contribution in [3.63, 3.8) is 0 Å². The summed E-state index contributed by atoms with van der Waals surface area (Å²) in [5.41, 5.74) is 1.10. The Balaban J connectivity index is 1.29. The van der Waals surface area contributed by atoms with Crippen LogP contribution in [0.3, 0.4) is 0 Å². The van der Waals surface area contributed by atoms with E-state index in [1.54, 1.807) is 0 Å². The highest BCUT2D eigenvalue weighted by Crippen LogP contribution is 2.21. The van der Waals surface area contributed by atoms with Gasteiger partial charge in [-0.3, -0.25) is 14.7 Å². The van der Waals surface area contributed by atoms with Crippen molar-refractivity contribution in [3.05, 3.63) is 28.8 Å². The lowest BCUT2D eigenvalue weighted by molar-refractivity contribution is 0.0295. The third-order valence-electron chi connectivity index (χ3n) is 5.10. The van der Waals surface area contributed by atoms with E-state index in [4.69, 9.17) is 21.1 Å². The molecule has 2 aliphatic rings. The van der Waals surface area contributed by atoms with Crippen molar-refractivity contribution in [2.45, 2.75) is 6.92 Å². The van der Waals surface area contributed by atoms with Crippen LogP contribution in [0.5, 0.6) is 5.75 Å². The van der Waals surface area contributed by atoms with Gasteiger partial charge in [-0.25, -0.2) is 0 Å². The predicted molar refractivity (Wildman–Crippen MR) is 102 cm³/mol. The summed E-state index contributed by atoms with van der Waals surface area (Å²) in [6.45, 7) is 14.6. The molecule has 3 rings (SSSR count). The van der Waals surface area contributed by atoms with Crippen LogP contribution in [0.4, 0.5) is 0 Å². The third kappa shape index (κ3) is 6.12. The standard InChI is InChI=1S/C19H30ClN3O2/c1-17-16-18(20)2-3-19(17)25-15-12-22-7-4-21(5-8-22)6-9-23-10-13-24-14-11-23/h2-3,16H,4-15H2,1H3. The maximum absolute atomic E-state index is 5.98. The van der Waals surface area contributed by atoms with Gasteiger partial charge in [0.15, 0.2) is 0 Å². The molecule has 0 radical (unpaired) electrons. The van der Waals surface area contributed by atoms with E-state index in [0.29, 0.717) is 0 Å². The molecule has 0 amide bonds. The second kappa shape index (κ2) is 9.74. The van der Waals surface area contributed by atoms with Crippen molar-refractivity contribution < 1.29 is 9.47 Å². The van der Waals surface area contributed by atoms with Crippen LogP contribution in [-0.2, 0) is 4.74 Å². The van der Waals surface area contributed by atoms with Gasteiger partial charge in [0, 0.05) is 63.9 Å². The predicted octanol–water partition coefficient (Wildman–Crippen LogP) is 1.98. The molecule has 0 aromatic heterocycles. The number of hydrogen-bond acceptors (Lipinski definition) is 5. The van der Waals surface area contributed by atoms with Crippen LogP contribution >= 0.6 is 11.6 Å². The van der Waals surface area contributed by atoms with Crippen molar-refractivity contribution in [2.24, 2.45) is 0 Å². The normalized spacial score (nSPS) is 20.7. The molecule has 140 valence electrons. The fourth-order valence-corrected chi connectivity index (χ4v) is 3.63. The molecule has 1 aromatic carbocycles. The average Bonchev–Trinajstić information content (AvgIpc) is 2.64. The topological polar surface area (TPSA) is 28.2 Å². The Morgan fingerprint density at radius 2 is 1.52 bits per heavy atom. The van der Waals surface area contributed by atoms with Crippen LogP contribution in [0.2, 0.25) is 5.02 Å². The van der Waals surface area contributed by atoms with Gasteiger partial charge in [-0.1, -0.05) is 11.6 Å². The number of piperazine rings is 1. The molecule has 2 heterocycles. The molecule has 0 N–H and O–H groups in total. The van der Waals surface area contributed by atoms with E-state index in [2.05, 4.69) is 14.7 Å².